The molecule has 0 radical (unpaired) electrons. The molecule has 0 atom stereocenters. The van der Waals surface area contributed by atoms with Gasteiger partial charge in [0.2, 0.25) is 0 Å². The van der Waals surface area contributed by atoms with Gasteiger partial charge in [0.05, 0.1) is 5.70 Å². The van der Waals surface area contributed by atoms with E-state index in [1.54, 1.807) is 18.2 Å². The summed E-state index contributed by atoms with van der Waals surface area (Å²) < 4.78 is 29.6. The van der Waals surface area contributed by atoms with Crippen LogP contribution in [0, 0.1) is 0 Å². The highest BCUT2D eigenvalue weighted by Gasteiger charge is 2.13. The average Bonchev–Trinajstić information content (AvgIpc) is 2.44. The summed E-state index contributed by atoms with van der Waals surface area (Å²) >= 11 is 0. The Morgan fingerprint density at radius 1 is 1.23 bits per heavy atom. The first-order valence-electron chi connectivity index (χ1n) is 6.38. The minimum absolute atomic E-state index is 0.249. The number of esters is 1. The third-order valence-corrected chi connectivity index (χ3v) is 2.42. The van der Waals surface area contributed by atoms with E-state index in [9.17, 15) is 23.2 Å². The van der Waals surface area contributed by atoms with Crippen molar-refractivity contribution in [2.24, 2.45) is 0 Å². The SMILES string of the molecule is CC(=O)CC(=O)OC/C(=C/C(F)F)NC(=O)c1ccccc1. The van der Waals surface area contributed by atoms with Crippen molar-refractivity contribution in [1.82, 2.24) is 5.32 Å². The van der Waals surface area contributed by atoms with Crippen molar-refractivity contribution in [1.29, 1.82) is 0 Å². The van der Waals surface area contributed by atoms with Crippen LogP contribution in [0.2, 0.25) is 0 Å². The molecule has 0 heterocycles. The van der Waals surface area contributed by atoms with E-state index in [1.807, 2.05) is 0 Å². The average molecular weight is 311 g/mol. The van der Waals surface area contributed by atoms with Crippen LogP contribution in [0.5, 0.6) is 0 Å². The molecule has 0 spiro atoms. The lowest BCUT2D eigenvalue weighted by molar-refractivity contribution is -0.144. The molecule has 1 aromatic carbocycles. The van der Waals surface area contributed by atoms with Gasteiger partial charge in [-0.15, -0.1) is 0 Å². The summed E-state index contributed by atoms with van der Waals surface area (Å²) in [6.45, 7) is 0.656. The number of nitrogens with one attached hydrogen (secondary N) is 1. The Morgan fingerprint density at radius 2 is 1.86 bits per heavy atom. The highest BCUT2D eigenvalue weighted by Crippen LogP contribution is 2.04. The maximum atomic E-state index is 12.5. The smallest absolute Gasteiger partial charge is 0.313 e. The molecule has 1 aromatic rings. The van der Waals surface area contributed by atoms with Crippen LogP contribution in [-0.4, -0.2) is 30.7 Å². The molecule has 0 saturated heterocycles. The first kappa shape index (κ1) is 17.5. The van der Waals surface area contributed by atoms with Crippen molar-refractivity contribution in [2.45, 2.75) is 19.8 Å². The molecule has 0 bridgehead atoms. The number of carbonyl (C=O) groups excluding carboxylic acids is 3. The lowest BCUT2D eigenvalue weighted by Crippen LogP contribution is -2.27. The van der Waals surface area contributed by atoms with Gasteiger partial charge in [-0.05, 0) is 19.1 Å². The molecule has 0 aliphatic rings. The van der Waals surface area contributed by atoms with Crippen LogP contribution in [0.25, 0.3) is 0 Å². The molecule has 1 rings (SSSR count). The second kappa shape index (κ2) is 8.66. The van der Waals surface area contributed by atoms with Crippen LogP contribution in [0.15, 0.2) is 42.1 Å². The number of Topliss-reactive ketones (excluding diaryl/α,β-unsaturated/α-hetero) is 1. The Hall–Kier alpha value is -2.57. The summed E-state index contributed by atoms with van der Waals surface area (Å²) in [5.41, 5.74) is 0.0264. The van der Waals surface area contributed by atoms with Crippen LogP contribution in [-0.2, 0) is 14.3 Å². The summed E-state index contributed by atoms with van der Waals surface area (Å²) in [6.07, 6.45) is -2.80. The molecule has 1 N–H and O–H groups in total. The van der Waals surface area contributed by atoms with Crippen molar-refractivity contribution < 1.29 is 27.9 Å². The van der Waals surface area contributed by atoms with E-state index >= 15 is 0 Å². The molecule has 118 valence electrons. The molecular weight excluding hydrogens is 296 g/mol. The summed E-state index contributed by atoms with van der Waals surface area (Å²) in [5.74, 6) is -1.85. The fraction of sp³-hybridized carbons (Fsp3) is 0.267. The Balaban J connectivity index is 2.68. The van der Waals surface area contributed by atoms with Crippen molar-refractivity contribution in [2.75, 3.05) is 6.61 Å². The van der Waals surface area contributed by atoms with Gasteiger partial charge in [-0.2, -0.15) is 0 Å². The van der Waals surface area contributed by atoms with Crippen molar-refractivity contribution in [3.05, 3.63) is 47.7 Å². The maximum absolute atomic E-state index is 12.5. The van der Waals surface area contributed by atoms with E-state index in [0.29, 0.717) is 6.08 Å². The van der Waals surface area contributed by atoms with Crippen molar-refractivity contribution in [3.8, 4) is 0 Å². The quantitative estimate of drug-likeness (QED) is 0.618. The Morgan fingerprint density at radius 3 is 2.41 bits per heavy atom. The zero-order chi connectivity index (χ0) is 16.5. The van der Waals surface area contributed by atoms with Crippen LogP contribution >= 0.6 is 0 Å². The monoisotopic (exact) mass is 311 g/mol. The molecule has 0 aromatic heterocycles. The van der Waals surface area contributed by atoms with Gasteiger partial charge in [0.15, 0.2) is 0 Å². The number of hydrogen-bond acceptors (Lipinski definition) is 4. The van der Waals surface area contributed by atoms with Gasteiger partial charge >= 0.3 is 5.97 Å². The molecular formula is C15H15F2NO4. The van der Waals surface area contributed by atoms with Crippen LogP contribution in [0.4, 0.5) is 8.78 Å². The van der Waals surface area contributed by atoms with E-state index < -0.39 is 37.1 Å². The van der Waals surface area contributed by atoms with E-state index in [2.05, 4.69) is 10.1 Å². The Labute approximate surface area is 126 Å². The normalized spacial score (nSPS) is 11.2. The minimum atomic E-state index is -2.82. The lowest BCUT2D eigenvalue weighted by Gasteiger charge is -2.11. The Kier molecular flexibility index (Phi) is 6.88. The van der Waals surface area contributed by atoms with Gasteiger partial charge < -0.3 is 10.1 Å². The molecule has 0 aliphatic heterocycles. The number of rotatable bonds is 7. The van der Waals surface area contributed by atoms with E-state index in [4.69, 9.17) is 0 Å². The van der Waals surface area contributed by atoms with Gasteiger partial charge in [0.1, 0.15) is 18.8 Å². The molecule has 0 unspecified atom stereocenters. The first-order valence-corrected chi connectivity index (χ1v) is 6.38. The summed E-state index contributed by atoms with van der Waals surface area (Å²) in [7, 11) is 0. The molecule has 0 aliphatic carbocycles. The molecule has 22 heavy (non-hydrogen) atoms. The summed E-state index contributed by atoms with van der Waals surface area (Å²) in [6, 6.07) is 7.97. The van der Waals surface area contributed by atoms with Crippen LogP contribution in [0.3, 0.4) is 0 Å². The highest BCUT2D eigenvalue weighted by atomic mass is 19.3. The van der Waals surface area contributed by atoms with Crippen molar-refractivity contribution in [3.63, 3.8) is 0 Å². The standard InChI is InChI=1S/C15H15F2NO4/c1-10(19)7-14(20)22-9-12(8-13(16)17)18-15(21)11-5-3-2-4-6-11/h2-6,8,13H,7,9H2,1H3,(H,18,21)/b12-8-. The number of benzene rings is 1. The molecule has 7 heteroatoms. The molecule has 0 saturated carbocycles. The first-order chi connectivity index (χ1) is 10.4. The van der Waals surface area contributed by atoms with E-state index in [0.717, 1.165) is 0 Å². The number of ether oxygens (including phenoxy) is 1. The fourth-order valence-electron chi connectivity index (χ4n) is 1.50. The van der Waals surface area contributed by atoms with Gasteiger partial charge in [-0.1, -0.05) is 18.2 Å². The zero-order valence-electron chi connectivity index (χ0n) is 11.8. The summed E-state index contributed by atoms with van der Waals surface area (Å²) in [4.78, 5) is 33.8. The number of ketones is 1. The fourth-order valence-corrected chi connectivity index (χ4v) is 1.50. The number of alkyl halides is 2. The second-order valence-corrected chi connectivity index (χ2v) is 4.39. The number of hydrogen-bond donors (Lipinski definition) is 1. The van der Waals surface area contributed by atoms with Crippen LogP contribution in [0.1, 0.15) is 23.7 Å². The predicted octanol–water partition coefficient (Wildman–Crippen LogP) is 2.09. The third kappa shape index (κ3) is 6.74. The van der Waals surface area contributed by atoms with E-state index in [1.165, 1.54) is 19.1 Å². The molecule has 1 amide bonds. The number of halogens is 2. The van der Waals surface area contributed by atoms with Gasteiger partial charge in [-0.25, -0.2) is 8.78 Å². The Bertz CT molecular complexity index is 570. The van der Waals surface area contributed by atoms with Crippen LogP contribution < -0.4 is 5.32 Å². The second-order valence-electron chi connectivity index (χ2n) is 4.39. The van der Waals surface area contributed by atoms with Gasteiger partial charge in [-0.3, -0.25) is 14.4 Å². The third-order valence-electron chi connectivity index (χ3n) is 2.42. The minimum Gasteiger partial charge on any atom is -0.459 e. The zero-order valence-corrected chi connectivity index (χ0v) is 11.8. The van der Waals surface area contributed by atoms with E-state index in [-0.39, 0.29) is 11.3 Å². The predicted molar refractivity (Wildman–Crippen MR) is 74.3 cm³/mol. The van der Waals surface area contributed by atoms with Crippen molar-refractivity contribution >= 4 is 17.7 Å². The molecule has 5 nitrogen and oxygen atoms in total. The van der Waals surface area contributed by atoms with Gasteiger partial charge in [0.25, 0.3) is 12.3 Å². The summed E-state index contributed by atoms with van der Waals surface area (Å²) in [5, 5.41) is 2.25. The topological polar surface area (TPSA) is 72.5 Å². The number of carbonyl (C=O) groups is 3. The molecule has 0 fully saturated rings. The number of allylic oxidation sites excluding steroid dienone is 1. The highest BCUT2D eigenvalue weighted by molar-refractivity contribution is 5.95. The number of amides is 1. The lowest BCUT2D eigenvalue weighted by atomic mass is 10.2. The van der Waals surface area contributed by atoms with Gasteiger partial charge in [0, 0.05) is 11.6 Å². The largest absolute Gasteiger partial charge is 0.459 e. The maximum Gasteiger partial charge on any atom is 0.313 e.